The Bertz CT molecular complexity index is 1040. The summed E-state index contributed by atoms with van der Waals surface area (Å²) < 4.78 is 5.02. The molecule has 0 aliphatic heterocycles. The standard InChI is InChI=1S/C24H26N2O3S2/c1-2-29-24(28)16-10-12-17(13-11-16)26-22(27)21-19-8-4-3-5-9-20(19)31-23(21)25-15-18-7-6-14-30-18/h6-7,10-14,25H,2-5,8-9,15H2,1H3,(H,26,27). The van der Waals surface area contributed by atoms with Crippen LogP contribution in [0.3, 0.4) is 0 Å². The van der Waals surface area contributed by atoms with Crippen LogP contribution in [0.1, 0.15) is 62.2 Å². The van der Waals surface area contributed by atoms with Gasteiger partial charge in [-0.2, -0.15) is 0 Å². The van der Waals surface area contributed by atoms with Crippen molar-refractivity contribution in [3.05, 3.63) is 68.2 Å². The summed E-state index contributed by atoms with van der Waals surface area (Å²) >= 11 is 3.43. The van der Waals surface area contributed by atoms with Crippen molar-refractivity contribution in [2.24, 2.45) is 0 Å². The average Bonchev–Trinajstić information content (AvgIpc) is 3.35. The van der Waals surface area contributed by atoms with Crippen LogP contribution in [0.15, 0.2) is 41.8 Å². The minimum atomic E-state index is -0.358. The summed E-state index contributed by atoms with van der Waals surface area (Å²) in [5, 5.41) is 9.54. The first kappa shape index (κ1) is 21.6. The lowest BCUT2D eigenvalue weighted by Crippen LogP contribution is -2.15. The van der Waals surface area contributed by atoms with Crippen molar-refractivity contribution >= 4 is 45.2 Å². The topological polar surface area (TPSA) is 67.4 Å². The molecule has 0 spiro atoms. The third-order valence-corrected chi connectivity index (χ3v) is 7.43. The molecule has 2 aromatic heterocycles. The summed E-state index contributed by atoms with van der Waals surface area (Å²) in [6, 6.07) is 11.0. The van der Waals surface area contributed by atoms with Crippen LogP contribution >= 0.6 is 22.7 Å². The molecule has 1 aliphatic carbocycles. The van der Waals surface area contributed by atoms with Gasteiger partial charge in [0.05, 0.1) is 24.3 Å². The van der Waals surface area contributed by atoms with Crippen LogP contribution in [-0.4, -0.2) is 18.5 Å². The Morgan fingerprint density at radius 2 is 1.87 bits per heavy atom. The van der Waals surface area contributed by atoms with E-state index in [4.69, 9.17) is 4.74 Å². The van der Waals surface area contributed by atoms with Crippen LogP contribution < -0.4 is 10.6 Å². The quantitative estimate of drug-likeness (QED) is 0.333. The highest BCUT2D eigenvalue weighted by Crippen LogP contribution is 2.38. The minimum Gasteiger partial charge on any atom is -0.462 e. The monoisotopic (exact) mass is 454 g/mol. The molecule has 0 radical (unpaired) electrons. The largest absolute Gasteiger partial charge is 0.462 e. The summed E-state index contributed by atoms with van der Waals surface area (Å²) in [6.45, 7) is 2.83. The smallest absolute Gasteiger partial charge is 0.338 e. The summed E-state index contributed by atoms with van der Waals surface area (Å²) in [5.41, 5.74) is 3.10. The third-order valence-electron chi connectivity index (χ3n) is 5.31. The highest BCUT2D eigenvalue weighted by Gasteiger charge is 2.25. The summed E-state index contributed by atoms with van der Waals surface area (Å²) in [5.74, 6) is -0.458. The molecule has 3 aromatic rings. The molecule has 2 N–H and O–H groups in total. The number of amides is 1. The van der Waals surface area contributed by atoms with Crippen molar-refractivity contribution in [3.8, 4) is 0 Å². The molecule has 0 saturated carbocycles. The summed E-state index contributed by atoms with van der Waals surface area (Å²) in [6.07, 6.45) is 5.47. The van der Waals surface area contributed by atoms with E-state index in [2.05, 4.69) is 22.1 Å². The number of fused-ring (bicyclic) bond motifs is 1. The van der Waals surface area contributed by atoms with Crippen molar-refractivity contribution < 1.29 is 14.3 Å². The van der Waals surface area contributed by atoms with Crippen molar-refractivity contribution in [1.29, 1.82) is 0 Å². The van der Waals surface area contributed by atoms with Gasteiger partial charge in [0.1, 0.15) is 5.00 Å². The van der Waals surface area contributed by atoms with E-state index in [0.29, 0.717) is 24.4 Å². The first-order chi connectivity index (χ1) is 15.2. The van der Waals surface area contributed by atoms with Crippen molar-refractivity contribution in [3.63, 3.8) is 0 Å². The van der Waals surface area contributed by atoms with E-state index >= 15 is 0 Å². The molecule has 4 rings (SSSR count). The number of rotatable bonds is 7. The lowest BCUT2D eigenvalue weighted by Gasteiger charge is -2.11. The van der Waals surface area contributed by atoms with Gasteiger partial charge in [0.2, 0.25) is 0 Å². The zero-order valence-electron chi connectivity index (χ0n) is 17.5. The fourth-order valence-electron chi connectivity index (χ4n) is 3.79. The van der Waals surface area contributed by atoms with E-state index in [1.807, 2.05) is 6.07 Å². The Kier molecular flexibility index (Phi) is 7.04. The van der Waals surface area contributed by atoms with Crippen LogP contribution in [0.4, 0.5) is 10.7 Å². The molecule has 7 heteroatoms. The van der Waals surface area contributed by atoms with Gasteiger partial charge in [-0.3, -0.25) is 4.79 Å². The molecule has 1 aliphatic rings. The van der Waals surface area contributed by atoms with E-state index in [0.717, 1.165) is 29.8 Å². The molecule has 0 fully saturated rings. The van der Waals surface area contributed by atoms with Gasteiger partial charge in [0, 0.05) is 15.4 Å². The fraction of sp³-hybridized carbons (Fsp3) is 0.333. The number of carbonyl (C=O) groups excluding carboxylic acids is 2. The zero-order valence-corrected chi connectivity index (χ0v) is 19.2. The Hall–Kier alpha value is -2.64. The third kappa shape index (κ3) is 5.17. The molecule has 2 heterocycles. The zero-order chi connectivity index (χ0) is 21.6. The second kappa shape index (κ2) is 10.1. The molecular formula is C24H26N2O3S2. The van der Waals surface area contributed by atoms with E-state index in [-0.39, 0.29) is 11.9 Å². The van der Waals surface area contributed by atoms with Gasteiger partial charge in [-0.15, -0.1) is 22.7 Å². The van der Waals surface area contributed by atoms with Crippen LogP contribution in [0.5, 0.6) is 0 Å². The molecule has 162 valence electrons. The molecule has 1 amide bonds. The maximum Gasteiger partial charge on any atom is 0.338 e. The van der Waals surface area contributed by atoms with Crippen molar-refractivity contribution in [1.82, 2.24) is 0 Å². The van der Waals surface area contributed by atoms with Gasteiger partial charge in [0.25, 0.3) is 5.91 Å². The Balaban J connectivity index is 1.55. The van der Waals surface area contributed by atoms with Gasteiger partial charge in [-0.1, -0.05) is 12.5 Å². The molecule has 0 bridgehead atoms. The lowest BCUT2D eigenvalue weighted by molar-refractivity contribution is 0.0526. The first-order valence-electron chi connectivity index (χ1n) is 10.6. The molecule has 0 saturated heterocycles. The van der Waals surface area contributed by atoms with Crippen molar-refractivity contribution in [2.75, 3.05) is 17.2 Å². The lowest BCUT2D eigenvalue weighted by atomic mass is 10.0. The minimum absolute atomic E-state index is 0.100. The van der Waals surface area contributed by atoms with Crippen molar-refractivity contribution in [2.45, 2.75) is 45.6 Å². The van der Waals surface area contributed by atoms with Crippen LogP contribution in [0.2, 0.25) is 0 Å². The molecule has 1 aromatic carbocycles. The summed E-state index contributed by atoms with van der Waals surface area (Å²) in [4.78, 5) is 27.8. The van der Waals surface area contributed by atoms with E-state index in [1.54, 1.807) is 53.9 Å². The van der Waals surface area contributed by atoms with Gasteiger partial charge >= 0.3 is 5.97 Å². The van der Waals surface area contributed by atoms with Gasteiger partial charge < -0.3 is 15.4 Å². The number of nitrogens with one attached hydrogen (secondary N) is 2. The predicted molar refractivity (Wildman–Crippen MR) is 128 cm³/mol. The number of hydrogen-bond acceptors (Lipinski definition) is 6. The number of anilines is 2. The number of hydrogen-bond donors (Lipinski definition) is 2. The average molecular weight is 455 g/mol. The SMILES string of the molecule is CCOC(=O)c1ccc(NC(=O)c2c(NCc3cccs3)sc3c2CCCCC3)cc1. The predicted octanol–water partition coefficient (Wildman–Crippen LogP) is 6.12. The number of carbonyl (C=O) groups is 2. The van der Waals surface area contributed by atoms with E-state index in [1.165, 1.54) is 28.2 Å². The van der Waals surface area contributed by atoms with Gasteiger partial charge in [0.15, 0.2) is 0 Å². The van der Waals surface area contributed by atoms with Crippen LogP contribution in [-0.2, 0) is 24.1 Å². The molecule has 0 atom stereocenters. The second-order valence-corrected chi connectivity index (χ2v) is 9.59. The number of ether oxygens (including phenoxy) is 1. The maximum absolute atomic E-state index is 13.3. The Morgan fingerprint density at radius 1 is 1.06 bits per heavy atom. The number of thiophene rings is 2. The Morgan fingerprint density at radius 3 is 2.61 bits per heavy atom. The van der Waals surface area contributed by atoms with Gasteiger partial charge in [-0.05, 0) is 73.9 Å². The number of esters is 1. The van der Waals surface area contributed by atoms with E-state index in [9.17, 15) is 9.59 Å². The molecular weight excluding hydrogens is 428 g/mol. The number of aryl methyl sites for hydroxylation is 1. The van der Waals surface area contributed by atoms with Gasteiger partial charge in [-0.25, -0.2) is 4.79 Å². The molecule has 5 nitrogen and oxygen atoms in total. The highest BCUT2D eigenvalue weighted by atomic mass is 32.1. The fourth-order valence-corrected chi connectivity index (χ4v) is 5.71. The van der Waals surface area contributed by atoms with Crippen LogP contribution in [0.25, 0.3) is 0 Å². The second-order valence-electron chi connectivity index (χ2n) is 7.45. The highest BCUT2D eigenvalue weighted by molar-refractivity contribution is 7.16. The Labute approximate surface area is 190 Å². The van der Waals surface area contributed by atoms with Crippen LogP contribution in [0, 0.1) is 0 Å². The molecule has 31 heavy (non-hydrogen) atoms. The first-order valence-corrected chi connectivity index (χ1v) is 12.3. The summed E-state index contributed by atoms with van der Waals surface area (Å²) in [7, 11) is 0. The molecule has 0 unspecified atom stereocenters. The number of benzene rings is 1. The van der Waals surface area contributed by atoms with E-state index < -0.39 is 0 Å². The maximum atomic E-state index is 13.3. The normalized spacial score (nSPS) is 13.2.